The second kappa shape index (κ2) is 8.84. The maximum Gasteiger partial charge on any atom is 0.312 e. The zero-order valence-corrected chi connectivity index (χ0v) is 18.3. The molecule has 0 aliphatic rings. The van der Waals surface area contributed by atoms with Crippen LogP contribution in [0.5, 0.6) is 0 Å². The number of amides is 1. The van der Waals surface area contributed by atoms with Gasteiger partial charge in [-0.05, 0) is 39.8 Å². The molecule has 0 spiro atoms. The number of hydrogen-bond donors (Lipinski definition) is 1. The summed E-state index contributed by atoms with van der Waals surface area (Å²) in [5, 5.41) is 22.8. The lowest BCUT2D eigenvalue weighted by molar-refractivity contribution is -0.386. The SMILES string of the molecule is Cc1nn(Cc2c(F)cccc2Cl)c(C)c1NC(=O)CCn1nc(C)c([N+](=O)[O-])c1C. The number of hydrogen-bond acceptors (Lipinski definition) is 5. The Labute approximate surface area is 183 Å². The van der Waals surface area contributed by atoms with Crippen molar-refractivity contribution in [3.63, 3.8) is 0 Å². The largest absolute Gasteiger partial charge is 0.323 e. The highest BCUT2D eigenvalue weighted by atomic mass is 35.5. The van der Waals surface area contributed by atoms with Gasteiger partial charge in [0, 0.05) is 17.0 Å². The van der Waals surface area contributed by atoms with Crippen molar-refractivity contribution in [2.45, 2.75) is 47.2 Å². The van der Waals surface area contributed by atoms with Gasteiger partial charge in [-0.3, -0.25) is 24.3 Å². The van der Waals surface area contributed by atoms with Crippen LogP contribution in [-0.2, 0) is 17.9 Å². The molecule has 0 saturated heterocycles. The number of aromatic nitrogens is 4. The zero-order valence-electron chi connectivity index (χ0n) is 17.6. The van der Waals surface area contributed by atoms with Crippen LogP contribution in [0.25, 0.3) is 0 Å². The van der Waals surface area contributed by atoms with E-state index in [1.807, 2.05) is 0 Å². The number of carbonyl (C=O) groups excluding carboxylic acids is 1. The van der Waals surface area contributed by atoms with Crippen molar-refractivity contribution in [2.24, 2.45) is 0 Å². The molecular weight excluding hydrogens is 427 g/mol. The first-order valence-electron chi connectivity index (χ1n) is 9.55. The van der Waals surface area contributed by atoms with Crippen LogP contribution in [0, 0.1) is 43.6 Å². The molecule has 3 rings (SSSR count). The van der Waals surface area contributed by atoms with Crippen molar-refractivity contribution in [1.82, 2.24) is 19.6 Å². The van der Waals surface area contributed by atoms with Crippen LogP contribution in [0.15, 0.2) is 18.2 Å². The van der Waals surface area contributed by atoms with E-state index in [4.69, 9.17) is 11.6 Å². The van der Waals surface area contributed by atoms with Crippen molar-refractivity contribution in [1.29, 1.82) is 0 Å². The maximum absolute atomic E-state index is 14.1. The van der Waals surface area contributed by atoms with Crippen molar-refractivity contribution < 1.29 is 14.1 Å². The molecule has 0 aliphatic heterocycles. The number of rotatable bonds is 7. The fourth-order valence-corrected chi connectivity index (χ4v) is 3.67. The molecule has 2 aromatic heterocycles. The van der Waals surface area contributed by atoms with Crippen molar-refractivity contribution in [2.75, 3.05) is 5.32 Å². The van der Waals surface area contributed by atoms with Gasteiger partial charge in [-0.25, -0.2) is 4.39 Å². The lowest BCUT2D eigenvalue weighted by Crippen LogP contribution is -2.16. The van der Waals surface area contributed by atoms with Gasteiger partial charge >= 0.3 is 5.69 Å². The van der Waals surface area contributed by atoms with Gasteiger partial charge in [0.2, 0.25) is 5.91 Å². The van der Waals surface area contributed by atoms with Crippen molar-refractivity contribution >= 4 is 28.9 Å². The molecule has 1 N–H and O–H groups in total. The van der Waals surface area contributed by atoms with Gasteiger partial charge in [0.25, 0.3) is 0 Å². The number of benzene rings is 1. The second-order valence-corrected chi connectivity index (χ2v) is 7.61. The van der Waals surface area contributed by atoms with Gasteiger partial charge in [-0.1, -0.05) is 17.7 Å². The Hall–Kier alpha value is -3.27. The second-order valence-electron chi connectivity index (χ2n) is 7.20. The van der Waals surface area contributed by atoms with Crippen LogP contribution in [0.4, 0.5) is 15.8 Å². The molecule has 2 heterocycles. The van der Waals surface area contributed by atoms with E-state index < -0.39 is 10.7 Å². The van der Waals surface area contributed by atoms with E-state index in [0.717, 1.165) is 0 Å². The summed E-state index contributed by atoms with van der Waals surface area (Å²) >= 11 is 6.11. The van der Waals surface area contributed by atoms with E-state index in [0.29, 0.717) is 39.0 Å². The van der Waals surface area contributed by atoms with Gasteiger partial charge < -0.3 is 5.32 Å². The fourth-order valence-electron chi connectivity index (χ4n) is 3.44. The Balaban J connectivity index is 1.71. The highest BCUT2D eigenvalue weighted by Gasteiger charge is 2.22. The lowest BCUT2D eigenvalue weighted by Gasteiger charge is -2.09. The molecule has 0 aliphatic carbocycles. The summed E-state index contributed by atoms with van der Waals surface area (Å²) in [7, 11) is 0. The van der Waals surface area contributed by atoms with Crippen molar-refractivity contribution in [3.05, 3.63) is 67.5 Å². The summed E-state index contributed by atoms with van der Waals surface area (Å²) in [5.74, 6) is -0.713. The first kappa shape index (κ1) is 22.4. The van der Waals surface area contributed by atoms with E-state index in [-0.39, 0.29) is 31.1 Å². The molecule has 0 unspecified atom stereocenters. The van der Waals surface area contributed by atoms with E-state index in [1.165, 1.54) is 16.8 Å². The molecule has 0 radical (unpaired) electrons. The minimum absolute atomic E-state index is 0.0415. The smallest absolute Gasteiger partial charge is 0.312 e. The van der Waals surface area contributed by atoms with Gasteiger partial charge in [-0.2, -0.15) is 10.2 Å². The van der Waals surface area contributed by atoms with E-state index in [1.54, 1.807) is 38.4 Å². The number of anilines is 1. The Morgan fingerprint density at radius 3 is 2.45 bits per heavy atom. The Morgan fingerprint density at radius 2 is 1.84 bits per heavy atom. The number of nitro groups is 1. The van der Waals surface area contributed by atoms with Gasteiger partial charge in [0.15, 0.2) is 0 Å². The monoisotopic (exact) mass is 448 g/mol. The highest BCUT2D eigenvalue weighted by molar-refractivity contribution is 6.31. The van der Waals surface area contributed by atoms with Crippen LogP contribution in [0.3, 0.4) is 0 Å². The number of halogens is 2. The number of carbonyl (C=O) groups is 1. The first-order valence-corrected chi connectivity index (χ1v) is 9.93. The topological polar surface area (TPSA) is 108 Å². The fraction of sp³-hybridized carbons (Fsp3) is 0.350. The quantitative estimate of drug-likeness (QED) is 0.432. The highest BCUT2D eigenvalue weighted by Crippen LogP contribution is 2.25. The van der Waals surface area contributed by atoms with Crippen LogP contribution in [0.2, 0.25) is 5.02 Å². The average molecular weight is 449 g/mol. The minimum atomic E-state index is -0.475. The molecule has 164 valence electrons. The van der Waals surface area contributed by atoms with Gasteiger partial charge in [-0.15, -0.1) is 0 Å². The molecule has 0 fully saturated rings. The predicted octanol–water partition coefficient (Wildman–Crippen LogP) is 4.09. The van der Waals surface area contributed by atoms with Crippen LogP contribution in [0.1, 0.15) is 34.8 Å². The number of nitrogens with one attached hydrogen (secondary N) is 1. The summed E-state index contributed by atoms with van der Waals surface area (Å²) in [6.45, 7) is 7.00. The molecule has 1 aromatic carbocycles. The molecular formula is C20H22ClFN6O3. The first-order chi connectivity index (χ1) is 14.6. The number of nitrogens with zero attached hydrogens (tertiary/aromatic N) is 5. The summed E-state index contributed by atoms with van der Waals surface area (Å²) in [6.07, 6.45) is 0.0717. The minimum Gasteiger partial charge on any atom is -0.323 e. The third-order valence-corrected chi connectivity index (χ3v) is 5.45. The third-order valence-electron chi connectivity index (χ3n) is 5.09. The molecule has 0 bridgehead atoms. The van der Waals surface area contributed by atoms with E-state index >= 15 is 0 Å². The standard InChI is InChI=1S/C20H22ClFN6O3/c1-11-19(13(3)27(24-11)10-15-16(21)6-5-7-17(15)22)23-18(29)8-9-26-14(4)20(28(30)31)12(2)25-26/h5-7H,8-10H2,1-4H3,(H,23,29). The van der Waals surface area contributed by atoms with Crippen LogP contribution >= 0.6 is 11.6 Å². The molecule has 9 nitrogen and oxygen atoms in total. The third kappa shape index (κ3) is 4.58. The molecule has 1 amide bonds. The number of aryl methyl sites for hydroxylation is 3. The molecule has 31 heavy (non-hydrogen) atoms. The maximum atomic E-state index is 14.1. The predicted molar refractivity (Wildman–Crippen MR) is 114 cm³/mol. The van der Waals surface area contributed by atoms with E-state index in [2.05, 4.69) is 15.5 Å². The molecule has 11 heteroatoms. The summed E-state index contributed by atoms with van der Waals surface area (Å²) in [6, 6.07) is 4.47. The zero-order chi connectivity index (χ0) is 22.9. The lowest BCUT2D eigenvalue weighted by atomic mass is 10.2. The van der Waals surface area contributed by atoms with Gasteiger partial charge in [0.05, 0.1) is 35.1 Å². The molecule has 3 aromatic rings. The Morgan fingerprint density at radius 1 is 1.16 bits per heavy atom. The summed E-state index contributed by atoms with van der Waals surface area (Å²) < 4.78 is 17.2. The average Bonchev–Trinajstić information content (AvgIpc) is 3.12. The Kier molecular flexibility index (Phi) is 6.40. The van der Waals surface area contributed by atoms with Crippen molar-refractivity contribution in [3.8, 4) is 0 Å². The summed E-state index contributed by atoms with van der Waals surface area (Å²) in [4.78, 5) is 23.1. The van der Waals surface area contributed by atoms with Crippen LogP contribution in [-0.4, -0.2) is 30.4 Å². The van der Waals surface area contributed by atoms with E-state index in [9.17, 15) is 19.3 Å². The molecule has 0 atom stereocenters. The van der Waals surface area contributed by atoms with Crippen LogP contribution < -0.4 is 5.32 Å². The van der Waals surface area contributed by atoms with Gasteiger partial charge in [0.1, 0.15) is 17.2 Å². The summed E-state index contributed by atoms with van der Waals surface area (Å²) in [5.41, 5.74) is 2.77. The molecule has 0 saturated carbocycles. The normalized spacial score (nSPS) is 11.0. The Bertz CT molecular complexity index is 1150.